The zero-order chi connectivity index (χ0) is 15.0. The lowest BCUT2D eigenvalue weighted by molar-refractivity contribution is 0.114. The maximum atomic E-state index is 13.0. The van der Waals surface area contributed by atoms with Crippen LogP contribution in [0.2, 0.25) is 0 Å². The second-order valence-electron chi connectivity index (χ2n) is 3.98. The Hall–Kier alpha value is -1.34. The van der Waals surface area contributed by atoms with Crippen LogP contribution < -0.4 is 0 Å². The van der Waals surface area contributed by atoms with E-state index in [1.54, 1.807) is 0 Å². The first-order chi connectivity index (χ1) is 9.21. The predicted molar refractivity (Wildman–Crippen MR) is 71.1 cm³/mol. The highest BCUT2D eigenvalue weighted by molar-refractivity contribution is 9.09. The second-order valence-corrected chi connectivity index (χ2v) is 6.93. The van der Waals surface area contributed by atoms with Crippen molar-refractivity contribution in [3.8, 4) is 0 Å². The highest BCUT2D eigenvalue weighted by Gasteiger charge is 2.27. The summed E-state index contributed by atoms with van der Waals surface area (Å²) in [6.07, 6.45) is 0. The standard InChI is InChI=1S/C13H8BrF3O2S/c14-13(16,17)9-1-5-11(6-2-9)20(18,19)12-7-3-10(15)4-8-12/h1-8H. The number of hydrogen-bond acceptors (Lipinski definition) is 2. The molecule has 0 unspecified atom stereocenters. The van der Waals surface area contributed by atoms with Crippen LogP contribution in [0, 0.1) is 5.82 Å². The topological polar surface area (TPSA) is 34.1 Å². The molecule has 0 heterocycles. The van der Waals surface area contributed by atoms with Gasteiger partial charge in [-0.2, -0.15) is 8.78 Å². The molecule has 2 rings (SSSR count). The van der Waals surface area contributed by atoms with Gasteiger partial charge in [-0.05, 0) is 52.3 Å². The van der Waals surface area contributed by atoms with Crippen molar-refractivity contribution in [1.82, 2.24) is 0 Å². The van der Waals surface area contributed by atoms with E-state index in [2.05, 4.69) is 15.9 Å². The molecule has 106 valence electrons. The second kappa shape index (κ2) is 5.21. The van der Waals surface area contributed by atoms with E-state index in [1.165, 1.54) is 0 Å². The van der Waals surface area contributed by atoms with Gasteiger partial charge >= 0.3 is 4.83 Å². The quantitative estimate of drug-likeness (QED) is 0.606. The largest absolute Gasteiger partial charge is 0.326 e. The van der Waals surface area contributed by atoms with Gasteiger partial charge < -0.3 is 0 Å². The molecule has 0 aromatic heterocycles. The molecule has 2 aromatic carbocycles. The van der Waals surface area contributed by atoms with Crippen molar-refractivity contribution in [3.05, 3.63) is 59.9 Å². The fraction of sp³-hybridized carbons (Fsp3) is 0.0769. The van der Waals surface area contributed by atoms with E-state index < -0.39 is 20.5 Å². The minimum absolute atomic E-state index is 0.0998. The average Bonchev–Trinajstić information content (AvgIpc) is 2.38. The Balaban J connectivity index is 2.42. The molecule has 0 saturated heterocycles. The van der Waals surface area contributed by atoms with Crippen LogP contribution in [-0.2, 0) is 14.7 Å². The van der Waals surface area contributed by atoms with Gasteiger partial charge in [-0.3, -0.25) is 0 Å². The van der Waals surface area contributed by atoms with Crippen LogP contribution in [0.25, 0.3) is 0 Å². The first-order valence-electron chi connectivity index (χ1n) is 5.39. The van der Waals surface area contributed by atoms with E-state index in [0.29, 0.717) is 0 Å². The molecule has 20 heavy (non-hydrogen) atoms. The van der Waals surface area contributed by atoms with Gasteiger partial charge in [-0.25, -0.2) is 12.8 Å². The van der Waals surface area contributed by atoms with Gasteiger partial charge in [0.1, 0.15) is 5.82 Å². The van der Waals surface area contributed by atoms with Crippen molar-refractivity contribution in [2.45, 2.75) is 14.6 Å². The van der Waals surface area contributed by atoms with Gasteiger partial charge in [0, 0.05) is 5.56 Å². The molecular weight excluding hydrogens is 357 g/mol. The smallest absolute Gasteiger partial charge is 0.219 e. The van der Waals surface area contributed by atoms with E-state index in [4.69, 9.17) is 0 Å². The monoisotopic (exact) mass is 364 g/mol. The molecule has 0 aliphatic rings. The molecule has 0 radical (unpaired) electrons. The summed E-state index contributed by atoms with van der Waals surface area (Å²) in [4.78, 5) is -3.45. The van der Waals surface area contributed by atoms with Crippen molar-refractivity contribution in [2.75, 3.05) is 0 Å². The maximum absolute atomic E-state index is 13.0. The van der Waals surface area contributed by atoms with E-state index in [1.807, 2.05) is 0 Å². The number of benzene rings is 2. The summed E-state index contributed by atoms with van der Waals surface area (Å²) in [6, 6.07) is 8.50. The first-order valence-corrected chi connectivity index (χ1v) is 7.67. The van der Waals surface area contributed by atoms with Gasteiger partial charge in [0.25, 0.3) is 0 Å². The summed E-state index contributed by atoms with van der Waals surface area (Å²) in [6.45, 7) is 0. The Morgan fingerprint density at radius 3 is 1.65 bits per heavy atom. The lowest BCUT2D eigenvalue weighted by Gasteiger charge is -2.10. The fourth-order valence-corrected chi connectivity index (χ4v) is 3.10. The Morgan fingerprint density at radius 1 is 0.850 bits per heavy atom. The summed E-state index contributed by atoms with van der Waals surface area (Å²) >= 11 is 2.19. The lowest BCUT2D eigenvalue weighted by Crippen LogP contribution is -2.05. The summed E-state index contributed by atoms with van der Waals surface area (Å²) in [5, 5.41) is 0. The number of rotatable bonds is 3. The molecule has 0 amide bonds. The predicted octanol–water partition coefficient (Wildman–Crippen LogP) is 4.10. The Bertz CT molecular complexity index is 705. The van der Waals surface area contributed by atoms with Gasteiger partial charge in [0.05, 0.1) is 9.79 Å². The third kappa shape index (κ3) is 3.04. The average molecular weight is 365 g/mol. The van der Waals surface area contributed by atoms with E-state index in [9.17, 15) is 21.6 Å². The molecule has 2 aromatic rings. The Kier molecular flexibility index (Phi) is 3.93. The Morgan fingerprint density at radius 2 is 1.25 bits per heavy atom. The molecule has 2 nitrogen and oxygen atoms in total. The van der Waals surface area contributed by atoms with Crippen molar-refractivity contribution in [1.29, 1.82) is 0 Å². The number of hydrogen-bond donors (Lipinski definition) is 0. The normalized spacial score (nSPS) is 12.4. The van der Waals surface area contributed by atoms with E-state index >= 15 is 0 Å². The molecule has 0 saturated carbocycles. The SMILES string of the molecule is O=S(=O)(c1ccc(F)cc1)c1ccc(C(F)(F)Br)cc1. The zero-order valence-electron chi connectivity index (χ0n) is 9.86. The Labute approximate surface area is 122 Å². The molecular formula is C13H8BrF3O2S. The van der Waals surface area contributed by atoms with Crippen LogP contribution in [0.4, 0.5) is 13.2 Å². The molecule has 0 atom stereocenters. The van der Waals surface area contributed by atoms with Crippen molar-refractivity contribution >= 4 is 25.8 Å². The van der Waals surface area contributed by atoms with Gasteiger partial charge in [-0.15, -0.1) is 0 Å². The molecule has 0 fully saturated rings. The fourth-order valence-electron chi connectivity index (χ4n) is 1.57. The molecule has 0 spiro atoms. The summed E-state index contributed by atoms with van der Waals surface area (Å²) in [7, 11) is -3.84. The van der Waals surface area contributed by atoms with E-state index in [0.717, 1.165) is 48.5 Å². The lowest BCUT2D eigenvalue weighted by atomic mass is 10.2. The van der Waals surface area contributed by atoms with Gasteiger partial charge in [-0.1, -0.05) is 12.1 Å². The van der Waals surface area contributed by atoms with Crippen LogP contribution in [-0.4, -0.2) is 8.42 Å². The third-order valence-electron chi connectivity index (χ3n) is 2.62. The number of sulfone groups is 1. The molecule has 0 aliphatic heterocycles. The highest BCUT2D eigenvalue weighted by atomic mass is 79.9. The highest BCUT2D eigenvalue weighted by Crippen LogP contribution is 2.35. The number of halogens is 4. The van der Waals surface area contributed by atoms with Crippen LogP contribution in [0.1, 0.15) is 5.56 Å². The van der Waals surface area contributed by atoms with Crippen molar-refractivity contribution in [2.24, 2.45) is 0 Å². The van der Waals surface area contributed by atoms with Crippen LogP contribution in [0.15, 0.2) is 58.3 Å². The first kappa shape index (κ1) is 15.1. The minimum Gasteiger partial charge on any atom is -0.219 e. The van der Waals surface area contributed by atoms with Gasteiger partial charge in [0.2, 0.25) is 9.84 Å². The third-order valence-corrected chi connectivity index (χ3v) is 4.86. The zero-order valence-corrected chi connectivity index (χ0v) is 12.3. The summed E-state index contributed by atoms with van der Waals surface area (Å²) in [5.41, 5.74) is -0.351. The van der Waals surface area contributed by atoms with Crippen molar-refractivity contribution in [3.63, 3.8) is 0 Å². The molecule has 0 N–H and O–H groups in total. The number of alkyl halides is 3. The molecule has 0 bridgehead atoms. The van der Waals surface area contributed by atoms with Gasteiger partial charge in [0.15, 0.2) is 0 Å². The molecule has 0 aliphatic carbocycles. The summed E-state index contributed by atoms with van der Waals surface area (Å²) < 4.78 is 63.1. The minimum atomic E-state index is -3.84. The summed E-state index contributed by atoms with van der Waals surface area (Å²) in [5.74, 6) is -0.557. The van der Waals surface area contributed by atoms with E-state index in [-0.39, 0.29) is 15.4 Å². The van der Waals surface area contributed by atoms with Crippen LogP contribution >= 0.6 is 15.9 Å². The van der Waals surface area contributed by atoms with Crippen LogP contribution in [0.3, 0.4) is 0 Å². The maximum Gasteiger partial charge on any atom is 0.326 e. The van der Waals surface area contributed by atoms with Crippen molar-refractivity contribution < 1.29 is 21.6 Å². The molecule has 7 heteroatoms. The van der Waals surface area contributed by atoms with Crippen LogP contribution in [0.5, 0.6) is 0 Å².